The van der Waals surface area contributed by atoms with Crippen LogP contribution in [-0.2, 0) is 4.74 Å². The first kappa shape index (κ1) is 19.8. The van der Waals surface area contributed by atoms with Crippen molar-refractivity contribution in [2.45, 2.75) is 51.3 Å². The standard InChI is InChI=1S/C13H25N3O2.2ClH/c1-13(2,3)18-12(17)15-10-8-16(9-10)11-5-4-6-14-7-11;;/h10-11,14H,4-9H2,1-3H3,(H,15,17);2*1H. The minimum absolute atomic E-state index is 0. The molecule has 2 N–H and O–H groups in total. The number of halogens is 2. The van der Waals surface area contributed by atoms with Crippen molar-refractivity contribution in [3.63, 3.8) is 0 Å². The van der Waals surface area contributed by atoms with E-state index < -0.39 is 5.60 Å². The molecular weight excluding hydrogens is 301 g/mol. The highest BCUT2D eigenvalue weighted by Crippen LogP contribution is 2.18. The molecule has 0 bridgehead atoms. The Kier molecular flexibility index (Phi) is 8.18. The Hall–Kier alpha value is -0.230. The molecule has 2 rings (SSSR count). The highest BCUT2D eigenvalue weighted by Gasteiger charge is 2.34. The summed E-state index contributed by atoms with van der Waals surface area (Å²) in [6, 6.07) is 0.900. The van der Waals surface area contributed by atoms with Crippen molar-refractivity contribution in [3.8, 4) is 0 Å². The summed E-state index contributed by atoms with van der Waals surface area (Å²) < 4.78 is 5.24. The van der Waals surface area contributed by atoms with Gasteiger partial charge in [0.05, 0.1) is 6.04 Å². The summed E-state index contributed by atoms with van der Waals surface area (Å²) in [7, 11) is 0. The van der Waals surface area contributed by atoms with Crippen molar-refractivity contribution in [1.82, 2.24) is 15.5 Å². The molecule has 2 aliphatic heterocycles. The number of amides is 1. The van der Waals surface area contributed by atoms with Crippen molar-refractivity contribution in [2.24, 2.45) is 0 Å². The molecule has 0 saturated carbocycles. The lowest BCUT2D eigenvalue weighted by molar-refractivity contribution is 0.0288. The SMILES string of the molecule is CC(C)(C)OC(=O)NC1CN(C2CCCNC2)C1.Cl.Cl. The van der Waals surface area contributed by atoms with Crippen molar-refractivity contribution in [2.75, 3.05) is 26.2 Å². The summed E-state index contributed by atoms with van der Waals surface area (Å²) in [6.45, 7) is 9.77. The molecule has 0 aromatic rings. The van der Waals surface area contributed by atoms with Crippen LogP contribution in [0, 0.1) is 0 Å². The van der Waals surface area contributed by atoms with E-state index in [1.165, 1.54) is 12.8 Å². The zero-order valence-electron chi connectivity index (χ0n) is 12.5. The maximum Gasteiger partial charge on any atom is 0.407 e. The average molecular weight is 328 g/mol. The molecule has 20 heavy (non-hydrogen) atoms. The van der Waals surface area contributed by atoms with Crippen molar-refractivity contribution in [1.29, 1.82) is 0 Å². The van der Waals surface area contributed by atoms with Gasteiger partial charge < -0.3 is 15.4 Å². The highest BCUT2D eigenvalue weighted by molar-refractivity contribution is 5.85. The Balaban J connectivity index is 0.00000180. The fourth-order valence-corrected chi connectivity index (χ4v) is 2.52. The van der Waals surface area contributed by atoms with E-state index in [-0.39, 0.29) is 36.9 Å². The van der Waals surface area contributed by atoms with Gasteiger partial charge in [-0.1, -0.05) is 0 Å². The maximum atomic E-state index is 11.6. The number of hydrogen-bond acceptors (Lipinski definition) is 4. The van der Waals surface area contributed by atoms with E-state index in [0.717, 1.165) is 26.2 Å². The number of nitrogens with one attached hydrogen (secondary N) is 2. The second-order valence-electron chi connectivity index (χ2n) is 6.30. The normalized spacial score (nSPS) is 23.9. The third-order valence-electron chi connectivity index (χ3n) is 3.42. The molecule has 1 unspecified atom stereocenters. The zero-order chi connectivity index (χ0) is 13.2. The van der Waals surface area contributed by atoms with Crippen LogP contribution in [0.15, 0.2) is 0 Å². The first-order chi connectivity index (χ1) is 8.44. The Morgan fingerprint density at radius 2 is 1.95 bits per heavy atom. The summed E-state index contributed by atoms with van der Waals surface area (Å²) >= 11 is 0. The van der Waals surface area contributed by atoms with Crippen LogP contribution in [-0.4, -0.2) is 54.9 Å². The van der Waals surface area contributed by atoms with Crippen LogP contribution in [0.4, 0.5) is 4.79 Å². The predicted molar refractivity (Wildman–Crippen MR) is 85.1 cm³/mol. The van der Waals surface area contributed by atoms with Gasteiger partial charge in [0.15, 0.2) is 0 Å². The van der Waals surface area contributed by atoms with Crippen LogP contribution in [0.5, 0.6) is 0 Å². The summed E-state index contributed by atoms with van der Waals surface area (Å²) in [5.74, 6) is 0. The number of carbonyl (C=O) groups is 1. The van der Waals surface area contributed by atoms with Crippen molar-refractivity contribution in [3.05, 3.63) is 0 Å². The predicted octanol–water partition coefficient (Wildman–Crippen LogP) is 1.79. The monoisotopic (exact) mass is 327 g/mol. The molecule has 1 amide bonds. The van der Waals surface area contributed by atoms with Crippen LogP contribution in [0.2, 0.25) is 0 Å². The molecule has 0 aromatic carbocycles. The summed E-state index contributed by atoms with van der Waals surface area (Å²) in [4.78, 5) is 14.0. The number of likely N-dealkylation sites (tertiary alicyclic amines) is 1. The molecule has 0 aliphatic carbocycles. The lowest BCUT2D eigenvalue weighted by Gasteiger charge is -2.45. The number of hydrogen-bond donors (Lipinski definition) is 2. The number of ether oxygens (including phenoxy) is 1. The van der Waals surface area contributed by atoms with E-state index in [9.17, 15) is 4.79 Å². The Morgan fingerprint density at radius 3 is 2.45 bits per heavy atom. The van der Waals surface area contributed by atoms with E-state index in [0.29, 0.717) is 6.04 Å². The summed E-state index contributed by atoms with van der Waals surface area (Å²) in [6.07, 6.45) is 2.23. The Labute approximate surface area is 134 Å². The van der Waals surface area contributed by atoms with Crippen LogP contribution in [0.25, 0.3) is 0 Å². The molecular formula is C13H27Cl2N3O2. The third kappa shape index (κ3) is 6.04. The molecule has 0 aromatic heterocycles. The van der Waals surface area contributed by atoms with Gasteiger partial charge >= 0.3 is 6.09 Å². The van der Waals surface area contributed by atoms with E-state index in [1.54, 1.807) is 0 Å². The molecule has 0 radical (unpaired) electrons. The van der Waals surface area contributed by atoms with E-state index in [2.05, 4.69) is 15.5 Å². The minimum Gasteiger partial charge on any atom is -0.444 e. The highest BCUT2D eigenvalue weighted by atomic mass is 35.5. The number of nitrogens with zero attached hydrogens (tertiary/aromatic N) is 1. The van der Waals surface area contributed by atoms with Crippen LogP contribution in [0.1, 0.15) is 33.6 Å². The molecule has 1 atom stereocenters. The lowest BCUT2D eigenvalue weighted by atomic mass is 9.99. The lowest BCUT2D eigenvalue weighted by Crippen LogP contribution is -2.64. The molecule has 2 heterocycles. The van der Waals surface area contributed by atoms with Gasteiger partial charge in [-0.25, -0.2) is 4.79 Å². The largest absolute Gasteiger partial charge is 0.444 e. The molecule has 2 saturated heterocycles. The van der Waals surface area contributed by atoms with E-state index in [1.807, 2.05) is 20.8 Å². The van der Waals surface area contributed by atoms with Crippen LogP contribution in [0.3, 0.4) is 0 Å². The fraction of sp³-hybridized carbons (Fsp3) is 0.923. The third-order valence-corrected chi connectivity index (χ3v) is 3.42. The maximum absolute atomic E-state index is 11.6. The van der Waals surface area contributed by atoms with E-state index >= 15 is 0 Å². The number of piperidine rings is 1. The number of carbonyl (C=O) groups excluding carboxylic acids is 1. The van der Waals surface area contributed by atoms with Crippen LogP contribution >= 0.6 is 24.8 Å². The summed E-state index contributed by atoms with van der Waals surface area (Å²) in [5, 5.41) is 6.34. The van der Waals surface area contributed by atoms with Crippen molar-refractivity contribution < 1.29 is 9.53 Å². The first-order valence-corrected chi connectivity index (χ1v) is 6.88. The van der Waals surface area contributed by atoms with Gasteiger partial charge in [-0.15, -0.1) is 24.8 Å². The van der Waals surface area contributed by atoms with Gasteiger partial charge in [0.25, 0.3) is 0 Å². The van der Waals surface area contributed by atoms with Gasteiger partial charge in [0.2, 0.25) is 0 Å². The second kappa shape index (κ2) is 8.27. The second-order valence-corrected chi connectivity index (χ2v) is 6.30. The van der Waals surface area contributed by atoms with Crippen molar-refractivity contribution >= 4 is 30.9 Å². The van der Waals surface area contributed by atoms with Gasteiger partial charge in [-0.05, 0) is 40.2 Å². The Morgan fingerprint density at radius 1 is 1.30 bits per heavy atom. The molecule has 7 heteroatoms. The molecule has 2 aliphatic rings. The van der Waals surface area contributed by atoms with E-state index in [4.69, 9.17) is 4.74 Å². The molecule has 120 valence electrons. The van der Waals surface area contributed by atoms with Gasteiger partial charge in [0, 0.05) is 25.7 Å². The average Bonchev–Trinajstić information content (AvgIpc) is 2.21. The topological polar surface area (TPSA) is 53.6 Å². The fourth-order valence-electron chi connectivity index (χ4n) is 2.52. The quantitative estimate of drug-likeness (QED) is 0.812. The number of rotatable bonds is 2. The Bertz CT molecular complexity index is 298. The first-order valence-electron chi connectivity index (χ1n) is 6.88. The van der Waals surface area contributed by atoms with Crippen LogP contribution < -0.4 is 10.6 Å². The molecule has 5 nitrogen and oxygen atoms in total. The summed E-state index contributed by atoms with van der Waals surface area (Å²) in [5.41, 5.74) is -0.416. The van der Waals surface area contributed by atoms with Gasteiger partial charge in [0.1, 0.15) is 5.60 Å². The van der Waals surface area contributed by atoms with Gasteiger partial charge in [-0.2, -0.15) is 0 Å². The molecule has 0 spiro atoms. The molecule has 2 fully saturated rings. The smallest absolute Gasteiger partial charge is 0.407 e. The van der Waals surface area contributed by atoms with Gasteiger partial charge in [-0.3, -0.25) is 4.90 Å². The zero-order valence-corrected chi connectivity index (χ0v) is 14.1. The minimum atomic E-state index is -0.416. The number of alkyl carbamates (subject to hydrolysis) is 1.